The summed E-state index contributed by atoms with van der Waals surface area (Å²) in [5.41, 5.74) is 4.00. The van der Waals surface area contributed by atoms with Crippen LogP contribution in [-0.2, 0) is 12.8 Å². The minimum Gasteiger partial charge on any atom is -0.294 e. The highest BCUT2D eigenvalue weighted by Crippen LogP contribution is 2.17. The van der Waals surface area contributed by atoms with Gasteiger partial charge in [0, 0.05) is 32.1 Å². The van der Waals surface area contributed by atoms with Gasteiger partial charge in [-0.1, -0.05) is 13.3 Å². The number of hydrogen-bond acceptors (Lipinski definition) is 6. The molecule has 3 aromatic rings. The first-order valence-corrected chi connectivity index (χ1v) is 8.42. The van der Waals surface area contributed by atoms with Crippen LogP contribution < -0.4 is 0 Å². The summed E-state index contributed by atoms with van der Waals surface area (Å²) in [6, 6.07) is 7.54. The van der Waals surface area contributed by atoms with Crippen molar-refractivity contribution in [2.45, 2.75) is 26.2 Å². The highest BCUT2D eigenvalue weighted by molar-refractivity contribution is 5.76. The van der Waals surface area contributed by atoms with Crippen LogP contribution in [0.3, 0.4) is 0 Å². The number of nitrogens with zero attached hydrogens (tertiary/aromatic N) is 7. The van der Waals surface area contributed by atoms with E-state index in [0.29, 0.717) is 17.8 Å². The second-order valence-corrected chi connectivity index (χ2v) is 5.72. The van der Waals surface area contributed by atoms with Crippen LogP contribution in [-0.4, -0.2) is 38.0 Å². The Morgan fingerprint density at radius 2 is 2.12 bits per heavy atom. The normalized spacial score (nSPS) is 11.0. The van der Waals surface area contributed by atoms with Crippen molar-refractivity contribution in [1.82, 2.24) is 24.7 Å². The lowest BCUT2D eigenvalue weighted by Gasteiger charge is -2.10. The monoisotopic (exact) mass is 345 g/mol. The first-order valence-electron chi connectivity index (χ1n) is 8.42. The number of nitriles is 1. The molecule has 0 saturated heterocycles. The molecule has 0 aliphatic carbocycles. The lowest BCUT2D eigenvalue weighted by atomic mass is 10.1. The summed E-state index contributed by atoms with van der Waals surface area (Å²) in [5.74, 6) is 0.523. The molecule has 0 unspecified atom stereocenters. The lowest BCUT2D eigenvalue weighted by molar-refractivity contribution is 0.773. The molecular formula is C19H19N7. The Hall–Kier alpha value is -3.40. The number of aryl methyl sites for hydroxylation is 1. The zero-order valence-electron chi connectivity index (χ0n) is 14.8. The van der Waals surface area contributed by atoms with Crippen LogP contribution >= 0.6 is 0 Å². The Kier molecular flexibility index (Phi) is 5.44. The number of aliphatic imine (C=N–C) groups is 1. The van der Waals surface area contributed by atoms with Crippen LogP contribution in [0.1, 0.15) is 41.7 Å². The van der Waals surface area contributed by atoms with Crippen molar-refractivity contribution in [1.29, 1.82) is 5.26 Å². The molecule has 0 fully saturated rings. The van der Waals surface area contributed by atoms with Crippen LogP contribution in [0.25, 0.3) is 5.82 Å². The summed E-state index contributed by atoms with van der Waals surface area (Å²) in [6.45, 7) is 2.11. The summed E-state index contributed by atoms with van der Waals surface area (Å²) in [4.78, 5) is 17.6. The fraction of sp³-hybridized carbons (Fsp3) is 0.263. The second-order valence-electron chi connectivity index (χ2n) is 5.72. The quantitative estimate of drug-likeness (QED) is 0.640. The number of aromatic nitrogens is 5. The first-order chi connectivity index (χ1) is 12.8. The second kappa shape index (κ2) is 8.12. The van der Waals surface area contributed by atoms with Gasteiger partial charge in [-0.25, -0.2) is 14.6 Å². The molecule has 0 spiro atoms. The standard InChI is InChI=1S/C19H19N7/c1-3-5-17-18(23-13-15(25-17)12-21-2)10-16-7-9-24-26(16)19-14(11-20)6-4-8-22-19/h4,6-9,12-13H,3,5,10H2,1-2H3. The average Bonchev–Trinajstić information content (AvgIpc) is 3.12. The predicted molar refractivity (Wildman–Crippen MR) is 98.4 cm³/mol. The van der Waals surface area contributed by atoms with Gasteiger partial charge in [0.25, 0.3) is 0 Å². The maximum atomic E-state index is 9.33. The van der Waals surface area contributed by atoms with Crippen molar-refractivity contribution < 1.29 is 0 Å². The molecule has 0 bridgehead atoms. The third-order valence-electron chi connectivity index (χ3n) is 3.88. The first kappa shape index (κ1) is 17.4. The van der Waals surface area contributed by atoms with E-state index < -0.39 is 0 Å². The zero-order valence-corrected chi connectivity index (χ0v) is 14.8. The van der Waals surface area contributed by atoms with Crippen LogP contribution in [0.2, 0.25) is 0 Å². The molecular weight excluding hydrogens is 326 g/mol. The topological polar surface area (TPSA) is 92.6 Å². The largest absolute Gasteiger partial charge is 0.294 e. The molecule has 0 amide bonds. The third-order valence-corrected chi connectivity index (χ3v) is 3.88. The van der Waals surface area contributed by atoms with E-state index in [9.17, 15) is 5.26 Å². The molecule has 0 aliphatic rings. The van der Waals surface area contributed by atoms with Gasteiger partial charge in [-0.3, -0.25) is 9.98 Å². The third kappa shape index (κ3) is 3.64. The van der Waals surface area contributed by atoms with Gasteiger partial charge in [0.1, 0.15) is 6.07 Å². The minimum absolute atomic E-state index is 0.479. The average molecular weight is 345 g/mol. The number of pyridine rings is 1. The molecule has 0 radical (unpaired) electrons. The van der Waals surface area contributed by atoms with Gasteiger partial charge in [0.05, 0.1) is 34.5 Å². The summed E-state index contributed by atoms with van der Waals surface area (Å²) in [6.07, 6.45) is 9.17. The van der Waals surface area contributed by atoms with Gasteiger partial charge in [0.2, 0.25) is 0 Å². The zero-order chi connectivity index (χ0) is 18.4. The molecule has 0 aliphatic heterocycles. The lowest BCUT2D eigenvalue weighted by Crippen LogP contribution is -2.10. The molecule has 0 N–H and O–H groups in total. The van der Waals surface area contributed by atoms with Gasteiger partial charge < -0.3 is 0 Å². The molecule has 3 heterocycles. The van der Waals surface area contributed by atoms with Crippen molar-refractivity contribution >= 4 is 6.21 Å². The predicted octanol–water partition coefficient (Wildman–Crippen LogP) is 2.52. The van der Waals surface area contributed by atoms with Crippen molar-refractivity contribution in [3.8, 4) is 11.9 Å². The van der Waals surface area contributed by atoms with Crippen LogP contribution in [0, 0.1) is 11.3 Å². The van der Waals surface area contributed by atoms with Gasteiger partial charge in [-0.15, -0.1) is 0 Å². The van der Waals surface area contributed by atoms with E-state index in [1.54, 1.807) is 48.7 Å². The van der Waals surface area contributed by atoms with E-state index >= 15 is 0 Å². The molecule has 3 aromatic heterocycles. The van der Waals surface area contributed by atoms with E-state index in [-0.39, 0.29) is 0 Å². The molecule has 7 heteroatoms. The number of hydrogen-bond donors (Lipinski definition) is 0. The van der Waals surface area contributed by atoms with Gasteiger partial charge >= 0.3 is 0 Å². The fourth-order valence-corrected chi connectivity index (χ4v) is 2.73. The molecule has 0 aromatic carbocycles. The van der Waals surface area contributed by atoms with Crippen LogP contribution in [0.5, 0.6) is 0 Å². The van der Waals surface area contributed by atoms with Crippen molar-refractivity contribution in [3.63, 3.8) is 0 Å². The molecule has 7 nitrogen and oxygen atoms in total. The smallest absolute Gasteiger partial charge is 0.171 e. The Balaban J connectivity index is 1.99. The maximum Gasteiger partial charge on any atom is 0.171 e. The molecule has 130 valence electrons. The fourth-order valence-electron chi connectivity index (χ4n) is 2.73. The van der Waals surface area contributed by atoms with E-state index in [1.165, 1.54) is 0 Å². The Bertz CT molecular complexity index is 966. The Morgan fingerprint density at radius 3 is 2.88 bits per heavy atom. The summed E-state index contributed by atoms with van der Waals surface area (Å²) >= 11 is 0. The van der Waals surface area contributed by atoms with Gasteiger partial charge in [-0.05, 0) is 24.6 Å². The molecule has 3 rings (SSSR count). The summed E-state index contributed by atoms with van der Waals surface area (Å²) in [5, 5.41) is 13.7. The van der Waals surface area contributed by atoms with Crippen LogP contribution in [0.15, 0.2) is 41.8 Å². The molecule has 26 heavy (non-hydrogen) atoms. The summed E-state index contributed by atoms with van der Waals surface area (Å²) < 4.78 is 1.69. The molecule has 0 saturated carbocycles. The van der Waals surface area contributed by atoms with Gasteiger partial charge in [0.15, 0.2) is 5.82 Å². The van der Waals surface area contributed by atoms with E-state index in [0.717, 1.165) is 35.6 Å². The Labute approximate surface area is 152 Å². The minimum atomic E-state index is 0.479. The summed E-state index contributed by atoms with van der Waals surface area (Å²) in [7, 11) is 1.72. The van der Waals surface area contributed by atoms with Crippen LogP contribution in [0.4, 0.5) is 0 Å². The van der Waals surface area contributed by atoms with E-state index in [1.807, 2.05) is 6.07 Å². The SMILES string of the molecule is CCCc1nc(C=NC)cnc1Cc1ccnn1-c1ncccc1C#N. The maximum absolute atomic E-state index is 9.33. The highest BCUT2D eigenvalue weighted by atomic mass is 15.3. The van der Waals surface area contributed by atoms with Gasteiger partial charge in [-0.2, -0.15) is 10.4 Å². The number of rotatable bonds is 6. The Morgan fingerprint density at radius 1 is 1.23 bits per heavy atom. The van der Waals surface area contributed by atoms with E-state index in [4.69, 9.17) is 0 Å². The van der Waals surface area contributed by atoms with E-state index in [2.05, 4.69) is 38.0 Å². The van der Waals surface area contributed by atoms with Crippen molar-refractivity contribution in [3.05, 3.63) is 65.1 Å². The van der Waals surface area contributed by atoms with Crippen molar-refractivity contribution in [2.24, 2.45) is 4.99 Å². The highest BCUT2D eigenvalue weighted by Gasteiger charge is 2.14. The van der Waals surface area contributed by atoms with Crippen molar-refractivity contribution in [2.75, 3.05) is 7.05 Å². The molecule has 0 atom stereocenters.